The maximum Gasteiger partial charge on any atom is 0.287 e. The number of amides is 1. The van der Waals surface area contributed by atoms with Crippen molar-refractivity contribution in [3.05, 3.63) is 17.0 Å². The molecule has 1 amide bonds. The van der Waals surface area contributed by atoms with E-state index < -0.39 is 0 Å². The Kier molecular flexibility index (Phi) is 2.03. The molecule has 2 aromatic heterocycles. The van der Waals surface area contributed by atoms with Crippen LogP contribution in [0.5, 0.6) is 0 Å². The molecular formula is C10H13N3O2. The van der Waals surface area contributed by atoms with Gasteiger partial charge in [-0.3, -0.25) is 9.48 Å². The van der Waals surface area contributed by atoms with E-state index in [1.807, 2.05) is 20.9 Å². The molecule has 2 aromatic rings. The van der Waals surface area contributed by atoms with E-state index in [1.54, 1.807) is 11.7 Å². The Morgan fingerprint density at radius 1 is 1.47 bits per heavy atom. The number of hydrogen-bond acceptors (Lipinski definition) is 3. The molecule has 0 aliphatic rings. The minimum Gasteiger partial charge on any atom is -0.431 e. The number of nitrogens with zero attached hydrogens (tertiary/aromatic N) is 2. The Hall–Kier alpha value is -1.78. The van der Waals surface area contributed by atoms with Gasteiger partial charge in [-0.15, -0.1) is 5.10 Å². The molecule has 0 saturated heterocycles. The van der Waals surface area contributed by atoms with Crippen LogP contribution in [0, 0.1) is 13.8 Å². The number of carbonyl (C=O) groups excluding carboxylic acids is 1. The predicted octanol–water partition coefficient (Wildman–Crippen LogP) is 1.14. The van der Waals surface area contributed by atoms with Crippen LogP contribution in [-0.2, 0) is 7.05 Å². The van der Waals surface area contributed by atoms with Crippen LogP contribution < -0.4 is 5.32 Å². The molecule has 0 spiro atoms. The third kappa shape index (κ3) is 1.23. The summed E-state index contributed by atoms with van der Waals surface area (Å²) in [6, 6.07) is 0. The van der Waals surface area contributed by atoms with E-state index in [4.69, 9.17) is 4.42 Å². The molecule has 0 bridgehead atoms. The lowest BCUT2D eigenvalue weighted by molar-refractivity contribution is 0.0936. The monoisotopic (exact) mass is 207 g/mol. The maximum atomic E-state index is 11.5. The van der Waals surface area contributed by atoms with Crippen LogP contribution in [-0.4, -0.2) is 22.7 Å². The minimum absolute atomic E-state index is 0.215. The smallest absolute Gasteiger partial charge is 0.287 e. The van der Waals surface area contributed by atoms with Crippen molar-refractivity contribution in [1.82, 2.24) is 15.1 Å². The first-order valence-electron chi connectivity index (χ1n) is 4.71. The highest BCUT2D eigenvalue weighted by Crippen LogP contribution is 2.26. The Bertz CT molecular complexity index is 536. The van der Waals surface area contributed by atoms with Gasteiger partial charge >= 0.3 is 0 Å². The highest BCUT2D eigenvalue weighted by atomic mass is 16.4. The van der Waals surface area contributed by atoms with Gasteiger partial charge < -0.3 is 9.73 Å². The predicted molar refractivity (Wildman–Crippen MR) is 55.8 cm³/mol. The molecule has 0 aliphatic heterocycles. The number of rotatable bonds is 1. The van der Waals surface area contributed by atoms with Crippen LogP contribution in [0.3, 0.4) is 0 Å². The van der Waals surface area contributed by atoms with Crippen molar-refractivity contribution < 1.29 is 9.21 Å². The summed E-state index contributed by atoms with van der Waals surface area (Å²) >= 11 is 0. The molecule has 5 heteroatoms. The summed E-state index contributed by atoms with van der Waals surface area (Å²) in [5, 5.41) is 7.65. The molecule has 15 heavy (non-hydrogen) atoms. The first-order chi connectivity index (χ1) is 7.06. The van der Waals surface area contributed by atoms with Gasteiger partial charge in [-0.2, -0.15) is 0 Å². The molecule has 2 heterocycles. The van der Waals surface area contributed by atoms with E-state index in [0.717, 1.165) is 16.6 Å². The minimum atomic E-state index is -0.215. The second-order valence-electron chi connectivity index (χ2n) is 3.52. The summed E-state index contributed by atoms with van der Waals surface area (Å²) in [5.41, 5.74) is 2.36. The fourth-order valence-electron chi connectivity index (χ4n) is 1.70. The highest BCUT2D eigenvalue weighted by Gasteiger charge is 2.20. The summed E-state index contributed by atoms with van der Waals surface area (Å²) in [5.74, 6) is 0.131. The number of aromatic nitrogens is 2. The third-order valence-corrected chi connectivity index (χ3v) is 2.65. The molecule has 0 aliphatic carbocycles. The molecule has 80 valence electrons. The Labute approximate surface area is 87.1 Å². The zero-order valence-electron chi connectivity index (χ0n) is 9.21. The van der Waals surface area contributed by atoms with Crippen LogP contribution in [0.1, 0.15) is 21.8 Å². The lowest BCUT2D eigenvalue weighted by atomic mass is 10.2. The van der Waals surface area contributed by atoms with Crippen LogP contribution >= 0.6 is 0 Å². The van der Waals surface area contributed by atoms with Gasteiger partial charge in [0.2, 0.25) is 5.71 Å². The van der Waals surface area contributed by atoms with E-state index in [0.29, 0.717) is 11.5 Å². The fourth-order valence-corrected chi connectivity index (χ4v) is 1.70. The van der Waals surface area contributed by atoms with Gasteiger partial charge in [0.15, 0.2) is 5.76 Å². The Morgan fingerprint density at radius 3 is 2.67 bits per heavy atom. The number of hydrogen-bond donors (Lipinski definition) is 1. The van der Waals surface area contributed by atoms with Crippen molar-refractivity contribution >= 4 is 17.0 Å². The topological polar surface area (TPSA) is 60.1 Å². The lowest BCUT2D eigenvalue weighted by Gasteiger charge is -1.97. The fraction of sp³-hybridized carbons (Fsp3) is 0.400. The Morgan fingerprint density at radius 2 is 2.13 bits per heavy atom. The Balaban J connectivity index is 2.72. The molecule has 0 fully saturated rings. The summed E-state index contributed by atoms with van der Waals surface area (Å²) in [4.78, 5) is 11.5. The van der Waals surface area contributed by atoms with Crippen LogP contribution in [0.25, 0.3) is 11.1 Å². The second-order valence-corrected chi connectivity index (χ2v) is 3.52. The standard InChI is InChI=1S/C10H13N3O2/c1-5-7-6(2)13(4)12-10(7)15-8(5)9(14)11-3/h1-4H3,(H,11,14). The van der Waals surface area contributed by atoms with E-state index in [-0.39, 0.29) is 5.91 Å². The van der Waals surface area contributed by atoms with E-state index in [1.165, 1.54) is 0 Å². The van der Waals surface area contributed by atoms with Crippen molar-refractivity contribution in [2.24, 2.45) is 7.05 Å². The largest absolute Gasteiger partial charge is 0.431 e. The van der Waals surface area contributed by atoms with E-state index in [9.17, 15) is 4.79 Å². The van der Waals surface area contributed by atoms with Gasteiger partial charge in [0.25, 0.3) is 5.91 Å². The van der Waals surface area contributed by atoms with Crippen LogP contribution in [0.15, 0.2) is 4.42 Å². The maximum absolute atomic E-state index is 11.5. The highest BCUT2D eigenvalue weighted by molar-refractivity contribution is 5.98. The zero-order valence-corrected chi connectivity index (χ0v) is 9.21. The number of aryl methyl sites for hydroxylation is 3. The van der Waals surface area contributed by atoms with Crippen molar-refractivity contribution in [2.45, 2.75) is 13.8 Å². The molecule has 1 N–H and O–H groups in total. The van der Waals surface area contributed by atoms with Gasteiger partial charge in [0.05, 0.1) is 5.39 Å². The normalized spacial score (nSPS) is 10.9. The summed E-state index contributed by atoms with van der Waals surface area (Å²) in [6.45, 7) is 3.82. The summed E-state index contributed by atoms with van der Waals surface area (Å²) in [6.07, 6.45) is 0. The molecule has 0 saturated carbocycles. The van der Waals surface area contributed by atoms with E-state index >= 15 is 0 Å². The van der Waals surface area contributed by atoms with Crippen molar-refractivity contribution in [2.75, 3.05) is 7.05 Å². The van der Waals surface area contributed by atoms with Gasteiger partial charge in [-0.05, 0) is 13.8 Å². The number of furan rings is 1. The first kappa shape index (κ1) is 9.76. The number of fused-ring (bicyclic) bond motifs is 1. The van der Waals surface area contributed by atoms with Crippen molar-refractivity contribution in [3.8, 4) is 0 Å². The first-order valence-corrected chi connectivity index (χ1v) is 4.71. The van der Waals surface area contributed by atoms with Crippen LogP contribution in [0.4, 0.5) is 0 Å². The molecule has 0 aromatic carbocycles. The number of nitrogens with one attached hydrogen (secondary N) is 1. The zero-order chi connectivity index (χ0) is 11.2. The molecule has 0 radical (unpaired) electrons. The molecule has 2 rings (SSSR count). The summed E-state index contributed by atoms with van der Waals surface area (Å²) in [7, 11) is 3.43. The van der Waals surface area contributed by atoms with Gasteiger partial charge in [0.1, 0.15) is 0 Å². The average Bonchev–Trinajstić information content (AvgIpc) is 2.66. The van der Waals surface area contributed by atoms with Gasteiger partial charge in [-0.1, -0.05) is 0 Å². The summed E-state index contributed by atoms with van der Waals surface area (Å²) < 4.78 is 7.15. The van der Waals surface area contributed by atoms with Gasteiger partial charge in [0, 0.05) is 25.4 Å². The molecule has 0 atom stereocenters. The quantitative estimate of drug-likeness (QED) is 0.762. The number of carbonyl (C=O) groups is 1. The SMILES string of the molecule is CNC(=O)c1oc2nn(C)c(C)c2c1C. The van der Waals surface area contributed by atoms with Crippen molar-refractivity contribution in [1.29, 1.82) is 0 Å². The lowest BCUT2D eigenvalue weighted by Crippen LogP contribution is -2.17. The third-order valence-electron chi connectivity index (χ3n) is 2.65. The van der Waals surface area contributed by atoms with E-state index in [2.05, 4.69) is 10.4 Å². The van der Waals surface area contributed by atoms with Crippen LogP contribution in [0.2, 0.25) is 0 Å². The molecular weight excluding hydrogens is 194 g/mol. The molecule has 5 nitrogen and oxygen atoms in total. The second kappa shape index (κ2) is 3.12. The van der Waals surface area contributed by atoms with Gasteiger partial charge in [-0.25, -0.2) is 0 Å². The molecule has 0 unspecified atom stereocenters. The average molecular weight is 207 g/mol. The van der Waals surface area contributed by atoms with Crippen molar-refractivity contribution in [3.63, 3.8) is 0 Å².